The maximum Gasteiger partial charge on any atom is 0.325 e. The normalized spacial score (nSPS) is 19.9. The summed E-state index contributed by atoms with van der Waals surface area (Å²) >= 11 is 0. The Labute approximate surface area is 127 Å². The van der Waals surface area contributed by atoms with E-state index in [0.29, 0.717) is 6.29 Å². The lowest BCUT2D eigenvalue weighted by molar-refractivity contribution is 0.288. The highest BCUT2D eigenvalue weighted by molar-refractivity contribution is 7.57. The molecule has 0 aliphatic carbocycles. The molecule has 4 nitrogen and oxygen atoms in total. The summed E-state index contributed by atoms with van der Waals surface area (Å²) in [4.78, 5) is 2.29. The second-order valence-corrected chi connectivity index (χ2v) is 19.1. The van der Waals surface area contributed by atoms with Crippen LogP contribution < -0.4 is 0 Å². The zero-order chi connectivity index (χ0) is 15.4. The summed E-state index contributed by atoms with van der Waals surface area (Å²) in [6.07, 6.45) is 5.43. The third kappa shape index (κ3) is 8.10. The molecule has 0 atom stereocenters. The van der Waals surface area contributed by atoms with Crippen LogP contribution in [0.3, 0.4) is 0 Å². The average molecular weight is 338 g/mol. The predicted octanol–water partition coefficient (Wildman–Crippen LogP) is 4.72. The van der Waals surface area contributed by atoms with Crippen LogP contribution >= 0.6 is 7.60 Å². The molecule has 1 rings (SSSR count). The number of nitrogens with zero attached hydrogens (tertiary/aromatic N) is 1. The van der Waals surface area contributed by atoms with Gasteiger partial charge in [0.25, 0.3) is 0 Å². The molecule has 0 unspecified atom stereocenters. The molecular weight excluding hydrogens is 305 g/mol. The first-order valence-corrected chi connectivity index (χ1v) is 16.3. The van der Waals surface area contributed by atoms with Crippen molar-refractivity contribution >= 4 is 24.2 Å². The molecule has 0 spiro atoms. The van der Waals surface area contributed by atoms with Crippen LogP contribution in [0.2, 0.25) is 39.3 Å². The van der Waals surface area contributed by atoms with Crippen molar-refractivity contribution in [3.63, 3.8) is 0 Å². The molecule has 1 fully saturated rings. The van der Waals surface area contributed by atoms with Crippen LogP contribution in [0.25, 0.3) is 0 Å². The Morgan fingerprint density at radius 2 is 1.25 bits per heavy atom. The van der Waals surface area contributed by atoms with E-state index in [-0.39, 0.29) is 0 Å². The molecule has 1 aliphatic heterocycles. The number of hydrogen-bond acceptors (Lipinski definition) is 4. The summed E-state index contributed by atoms with van der Waals surface area (Å²) in [5, 5.41) is 0. The maximum absolute atomic E-state index is 13.2. The van der Waals surface area contributed by atoms with Gasteiger partial charge in [-0.15, -0.1) is 0 Å². The second-order valence-electron chi connectivity index (χ2n) is 7.69. The van der Waals surface area contributed by atoms with E-state index in [2.05, 4.69) is 44.2 Å². The summed E-state index contributed by atoms with van der Waals surface area (Å²) in [5.41, 5.74) is 0. The molecule has 0 amide bonds. The molecule has 120 valence electrons. The van der Waals surface area contributed by atoms with E-state index in [1.165, 1.54) is 25.7 Å². The van der Waals surface area contributed by atoms with Crippen molar-refractivity contribution in [1.82, 2.24) is 4.90 Å². The zero-order valence-electron chi connectivity index (χ0n) is 14.1. The molecule has 0 N–H and O–H groups in total. The van der Waals surface area contributed by atoms with Gasteiger partial charge in [0, 0.05) is 0 Å². The Hall–Kier alpha value is 0.544. The van der Waals surface area contributed by atoms with E-state index >= 15 is 0 Å². The Bertz CT molecular complexity index is 325. The van der Waals surface area contributed by atoms with Crippen molar-refractivity contribution in [2.24, 2.45) is 0 Å². The van der Waals surface area contributed by atoms with Crippen LogP contribution in [0.1, 0.15) is 25.7 Å². The molecule has 0 radical (unpaired) electrons. The fraction of sp³-hybridized carbons (Fsp3) is 1.00. The van der Waals surface area contributed by atoms with E-state index < -0.39 is 24.2 Å². The molecule has 20 heavy (non-hydrogen) atoms. The zero-order valence-corrected chi connectivity index (χ0v) is 17.0. The SMILES string of the molecule is C[Si](C)(C)OP(=O)(CN1CCCCCC1)O[Si](C)(C)C. The molecule has 1 aliphatic rings. The van der Waals surface area contributed by atoms with Gasteiger partial charge in [-0.1, -0.05) is 12.8 Å². The quantitative estimate of drug-likeness (QED) is 0.519. The van der Waals surface area contributed by atoms with Gasteiger partial charge in [0.2, 0.25) is 0 Å². The molecule has 0 aromatic heterocycles. The van der Waals surface area contributed by atoms with E-state index in [1.807, 2.05) is 0 Å². The minimum atomic E-state index is -3.00. The predicted molar refractivity (Wildman–Crippen MR) is 91.4 cm³/mol. The summed E-state index contributed by atoms with van der Waals surface area (Å²) in [6.45, 7) is 14.5. The van der Waals surface area contributed by atoms with E-state index in [0.717, 1.165) is 13.1 Å². The average Bonchev–Trinajstić information content (AvgIpc) is 2.38. The number of likely N-dealkylation sites (tertiary alicyclic amines) is 1. The van der Waals surface area contributed by atoms with Crippen LogP contribution in [0.15, 0.2) is 0 Å². The van der Waals surface area contributed by atoms with Gasteiger partial charge in [0.05, 0.1) is 6.29 Å². The monoisotopic (exact) mass is 337 g/mol. The molecular formula is C13H32NO3PSi2. The fourth-order valence-electron chi connectivity index (χ4n) is 2.43. The number of hydrogen-bond donors (Lipinski definition) is 0. The summed E-state index contributed by atoms with van der Waals surface area (Å²) in [6, 6.07) is 0. The molecule has 7 heteroatoms. The third-order valence-corrected chi connectivity index (χ3v) is 10.3. The Morgan fingerprint density at radius 1 is 0.850 bits per heavy atom. The molecule has 0 saturated carbocycles. The topological polar surface area (TPSA) is 38.8 Å². The molecule has 0 bridgehead atoms. The lowest BCUT2D eigenvalue weighted by Crippen LogP contribution is -2.35. The van der Waals surface area contributed by atoms with Crippen LogP contribution in [0.5, 0.6) is 0 Å². The standard InChI is InChI=1S/C13H32NO3PSi2/c1-19(2,3)16-18(15,17-20(4,5)6)13-14-11-9-7-8-10-12-14/h7-13H2,1-6H3. The van der Waals surface area contributed by atoms with E-state index in [1.54, 1.807) is 0 Å². The van der Waals surface area contributed by atoms with Crippen LogP contribution in [0.4, 0.5) is 0 Å². The minimum absolute atomic E-state index is 0.474. The van der Waals surface area contributed by atoms with Crippen molar-refractivity contribution in [3.8, 4) is 0 Å². The summed E-state index contributed by atoms with van der Waals surface area (Å²) in [5.74, 6) is 0. The van der Waals surface area contributed by atoms with Crippen LogP contribution in [-0.2, 0) is 13.0 Å². The summed E-state index contributed by atoms with van der Waals surface area (Å²) in [7, 11) is -6.76. The van der Waals surface area contributed by atoms with Crippen molar-refractivity contribution < 1.29 is 13.0 Å². The smallest absolute Gasteiger partial charge is 0.325 e. The summed E-state index contributed by atoms with van der Waals surface area (Å²) < 4.78 is 25.2. The van der Waals surface area contributed by atoms with Crippen molar-refractivity contribution in [2.75, 3.05) is 19.4 Å². The highest BCUT2D eigenvalue weighted by Crippen LogP contribution is 2.53. The Morgan fingerprint density at radius 3 is 1.60 bits per heavy atom. The van der Waals surface area contributed by atoms with Crippen molar-refractivity contribution in [1.29, 1.82) is 0 Å². The first kappa shape index (κ1) is 18.6. The number of rotatable bonds is 6. The van der Waals surface area contributed by atoms with Crippen LogP contribution in [-0.4, -0.2) is 40.9 Å². The van der Waals surface area contributed by atoms with Crippen molar-refractivity contribution in [2.45, 2.75) is 65.0 Å². The maximum atomic E-state index is 13.2. The van der Waals surface area contributed by atoms with Gasteiger partial charge in [-0.05, 0) is 65.2 Å². The minimum Gasteiger partial charge on any atom is -0.351 e. The van der Waals surface area contributed by atoms with Gasteiger partial charge in [-0.2, -0.15) is 0 Å². The van der Waals surface area contributed by atoms with Gasteiger partial charge < -0.3 is 8.43 Å². The van der Waals surface area contributed by atoms with Gasteiger partial charge in [-0.25, -0.2) is 0 Å². The van der Waals surface area contributed by atoms with Crippen LogP contribution in [0, 0.1) is 0 Å². The lowest BCUT2D eigenvalue weighted by Gasteiger charge is -2.34. The largest absolute Gasteiger partial charge is 0.351 e. The van der Waals surface area contributed by atoms with Gasteiger partial charge in [-0.3, -0.25) is 9.46 Å². The molecule has 0 aromatic carbocycles. The molecule has 1 heterocycles. The Kier molecular flexibility index (Phi) is 6.70. The van der Waals surface area contributed by atoms with E-state index in [9.17, 15) is 4.57 Å². The lowest BCUT2D eigenvalue weighted by atomic mass is 10.2. The first-order chi connectivity index (χ1) is 8.99. The second kappa shape index (κ2) is 7.20. The molecule has 0 aromatic rings. The molecule has 1 saturated heterocycles. The third-order valence-electron chi connectivity index (χ3n) is 2.90. The van der Waals surface area contributed by atoms with Gasteiger partial charge in [0.15, 0.2) is 16.6 Å². The Balaban J connectivity index is 2.78. The highest BCUT2D eigenvalue weighted by Gasteiger charge is 2.37. The fourth-order valence-corrected chi connectivity index (χ4v) is 10.8. The van der Waals surface area contributed by atoms with Gasteiger partial charge >= 0.3 is 7.60 Å². The van der Waals surface area contributed by atoms with E-state index in [4.69, 9.17) is 8.43 Å². The van der Waals surface area contributed by atoms with Gasteiger partial charge in [0.1, 0.15) is 0 Å². The highest BCUT2D eigenvalue weighted by atomic mass is 31.2. The van der Waals surface area contributed by atoms with Crippen molar-refractivity contribution in [3.05, 3.63) is 0 Å². The first-order valence-electron chi connectivity index (χ1n) is 7.72.